The number of ether oxygens (including phenoxy) is 2. The number of carbonyl (C=O) groups is 1. The summed E-state index contributed by atoms with van der Waals surface area (Å²) in [6, 6.07) is 0. The van der Waals surface area contributed by atoms with Crippen LogP contribution in [0.4, 0.5) is 0 Å². The van der Waals surface area contributed by atoms with Crippen LogP contribution in [0.1, 0.15) is 13.8 Å². The Bertz CT molecular complexity index is 324. The molecule has 1 atom stereocenters. The van der Waals surface area contributed by atoms with Crippen molar-refractivity contribution in [2.45, 2.75) is 13.8 Å². The average Bonchev–Trinajstić information content (AvgIpc) is 2.28. The van der Waals surface area contributed by atoms with Gasteiger partial charge in [-0.25, -0.2) is 0 Å². The molecule has 0 saturated heterocycles. The SMILES string of the molecule is COCC(C)(C(=O)OC)/C(Cl)=C/C(C)=C/CCl. The molecule has 3 nitrogen and oxygen atoms in total. The van der Waals surface area contributed by atoms with E-state index >= 15 is 0 Å². The van der Waals surface area contributed by atoms with Gasteiger partial charge in [0.2, 0.25) is 0 Å². The molecular weight excluding hydrogens is 263 g/mol. The van der Waals surface area contributed by atoms with Crippen LogP contribution in [-0.4, -0.2) is 32.7 Å². The number of carbonyl (C=O) groups excluding carboxylic acids is 1. The Morgan fingerprint density at radius 3 is 2.41 bits per heavy atom. The van der Waals surface area contributed by atoms with Crippen molar-refractivity contribution in [1.82, 2.24) is 0 Å². The molecule has 17 heavy (non-hydrogen) atoms. The predicted octanol–water partition coefficient (Wildman–Crippen LogP) is 3.12. The molecule has 0 aromatic rings. The molecule has 0 aromatic carbocycles. The van der Waals surface area contributed by atoms with Crippen LogP contribution in [0.15, 0.2) is 22.8 Å². The van der Waals surface area contributed by atoms with Crippen molar-refractivity contribution in [1.29, 1.82) is 0 Å². The van der Waals surface area contributed by atoms with Gasteiger partial charge in [-0.1, -0.05) is 23.3 Å². The van der Waals surface area contributed by atoms with Gasteiger partial charge in [-0.15, -0.1) is 11.6 Å². The highest BCUT2D eigenvalue weighted by Gasteiger charge is 2.38. The molecule has 0 amide bonds. The molecule has 0 aliphatic rings. The second kappa shape index (κ2) is 7.75. The molecule has 0 aliphatic carbocycles. The first-order valence-electron chi connectivity index (χ1n) is 5.10. The Morgan fingerprint density at radius 1 is 1.41 bits per heavy atom. The summed E-state index contributed by atoms with van der Waals surface area (Å²) >= 11 is 11.7. The molecular formula is C12H18Cl2O3. The van der Waals surface area contributed by atoms with Crippen LogP contribution in [0.5, 0.6) is 0 Å². The molecule has 0 bridgehead atoms. The number of esters is 1. The van der Waals surface area contributed by atoms with E-state index in [-0.39, 0.29) is 6.61 Å². The Morgan fingerprint density at radius 2 is 2.00 bits per heavy atom. The van der Waals surface area contributed by atoms with Crippen molar-refractivity contribution < 1.29 is 14.3 Å². The summed E-state index contributed by atoms with van der Waals surface area (Å²) in [4.78, 5) is 11.7. The number of halogens is 2. The zero-order valence-electron chi connectivity index (χ0n) is 10.5. The lowest BCUT2D eigenvalue weighted by atomic mass is 9.90. The number of alkyl halides is 1. The van der Waals surface area contributed by atoms with Gasteiger partial charge in [-0.05, 0) is 19.9 Å². The maximum absolute atomic E-state index is 11.7. The quantitative estimate of drug-likeness (QED) is 0.426. The molecule has 98 valence electrons. The molecule has 0 N–H and O–H groups in total. The van der Waals surface area contributed by atoms with E-state index < -0.39 is 11.4 Å². The highest BCUT2D eigenvalue weighted by atomic mass is 35.5. The van der Waals surface area contributed by atoms with Crippen LogP contribution in [0.25, 0.3) is 0 Å². The summed E-state index contributed by atoms with van der Waals surface area (Å²) in [6.45, 7) is 3.69. The minimum absolute atomic E-state index is 0.156. The molecule has 0 aromatic heterocycles. The summed E-state index contributed by atoms with van der Waals surface area (Å²) < 4.78 is 9.76. The van der Waals surface area contributed by atoms with Crippen LogP contribution in [0.3, 0.4) is 0 Å². The highest BCUT2D eigenvalue weighted by Crippen LogP contribution is 2.32. The van der Waals surface area contributed by atoms with Crippen LogP contribution >= 0.6 is 23.2 Å². The normalized spacial score (nSPS) is 16.6. The second-order valence-electron chi connectivity index (χ2n) is 3.85. The first-order valence-corrected chi connectivity index (χ1v) is 6.01. The van der Waals surface area contributed by atoms with Crippen molar-refractivity contribution >= 4 is 29.2 Å². The molecule has 5 heteroatoms. The Kier molecular flexibility index (Phi) is 7.51. The summed E-state index contributed by atoms with van der Waals surface area (Å²) in [6.07, 6.45) is 3.49. The van der Waals surface area contributed by atoms with Gasteiger partial charge >= 0.3 is 5.97 Å². The molecule has 0 saturated carbocycles. The van der Waals surface area contributed by atoms with Gasteiger partial charge in [-0.2, -0.15) is 0 Å². The fourth-order valence-electron chi connectivity index (χ4n) is 1.28. The zero-order valence-corrected chi connectivity index (χ0v) is 12.1. The monoisotopic (exact) mass is 280 g/mol. The number of rotatable bonds is 6. The molecule has 0 heterocycles. The third kappa shape index (κ3) is 4.70. The van der Waals surface area contributed by atoms with E-state index in [4.69, 9.17) is 32.7 Å². The van der Waals surface area contributed by atoms with Crippen molar-refractivity contribution in [3.63, 3.8) is 0 Å². The lowest BCUT2D eigenvalue weighted by Crippen LogP contribution is -2.34. The number of hydrogen-bond donors (Lipinski definition) is 0. The summed E-state index contributed by atoms with van der Waals surface area (Å²) in [7, 11) is 2.83. The Balaban J connectivity index is 5.19. The van der Waals surface area contributed by atoms with Gasteiger partial charge < -0.3 is 9.47 Å². The third-order valence-corrected chi connectivity index (χ3v) is 3.03. The van der Waals surface area contributed by atoms with E-state index in [1.807, 2.05) is 6.92 Å². The van der Waals surface area contributed by atoms with E-state index in [1.165, 1.54) is 14.2 Å². The van der Waals surface area contributed by atoms with Gasteiger partial charge in [0, 0.05) is 18.0 Å². The molecule has 0 aliphatic heterocycles. The summed E-state index contributed by atoms with van der Waals surface area (Å²) in [5, 5.41) is 0.366. The minimum atomic E-state index is -0.994. The second-order valence-corrected chi connectivity index (χ2v) is 4.57. The van der Waals surface area contributed by atoms with Gasteiger partial charge in [0.1, 0.15) is 5.41 Å². The van der Waals surface area contributed by atoms with E-state index in [0.29, 0.717) is 10.9 Å². The number of hydrogen-bond acceptors (Lipinski definition) is 3. The summed E-state index contributed by atoms with van der Waals surface area (Å²) in [5.41, 5.74) is -0.108. The maximum Gasteiger partial charge on any atom is 0.319 e. The number of methoxy groups -OCH3 is 2. The van der Waals surface area contributed by atoms with Crippen LogP contribution in [0.2, 0.25) is 0 Å². The lowest BCUT2D eigenvalue weighted by molar-refractivity contribution is -0.151. The van der Waals surface area contributed by atoms with Crippen molar-refractivity contribution in [2.24, 2.45) is 5.41 Å². The molecule has 0 fully saturated rings. The molecule has 0 rings (SSSR count). The van der Waals surface area contributed by atoms with Gasteiger partial charge in [-0.3, -0.25) is 4.79 Å². The predicted molar refractivity (Wildman–Crippen MR) is 70.4 cm³/mol. The van der Waals surface area contributed by atoms with Gasteiger partial charge in [0.15, 0.2) is 0 Å². The topological polar surface area (TPSA) is 35.5 Å². The fraction of sp³-hybridized carbons (Fsp3) is 0.583. The third-order valence-electron chi connectivity index (χ3n) is 2.35. The Hall–Kier alpha value is -0.510. The smallest absolute Gasteiger partial charge is 0.319 e. The van der Waals surface area contributed by atoms with E-state index in [2.05, 4.69) is 0 Å². The minimum Gasteiger partial charge on any atom is -0.468 e. The van der Waals surface area contributed by atoms with Gasteiger partial charge in [0.25, 0.3) is 0 Å². The van der Waals surface area contributed by atoms with Crippen molar-refractivity contribution in [3.05, 3.63) is 22.8 Å². The standard InChI is InChI=1S/C12H18Cl2O3/c1-9(5-6-13)7-10(14)12(2,8-16-3)11(15)17-4/h5,7H,6,8H2,1-4H3/b9-5+,10-7-. The van der Waals surface area contributed by atoms with Crippen LogP contribution in [-0.2, 0) is 14.3 Å². The number of allylic oxidation sites excluding steroid dienone is 3. The fourth-order valence-corrected chi connectivity index (χ4v) is 1.83. The highest BCUT2D eigenvalue weighted by molar-refractivity contribution is 6.32. The first kappa shape index (κ1) is 16.5. The molecule has 1 unspecified atom stereocenters. The van der Waals surface area contributed by atoms with E-state index in [0.717, 1.165) is 5.57 Å². The summed E-state index contributed by atoms with van der Waals surface area (Å²) in [5.74, 6) is -0.0367. The average molecular weight is 281 g/mol. The van der Waals surface area contributed by atoms with E-state index in [9.17, 15) is 4.79 Å². The van der Waals surface area contributed by atoms with Crippen molar-refractivity contribution in [3.8, 4) is 0 Å². The Labute approximate surface area is 112 Å². The molecule has 0 radical (unpaired) electrons. The molecule has 0 spiro atoms. The lowest BCUT2D eigenvalue weighted by Gasteiger charge is -2.25. The van der Waals surface area contributed by atoms with Crippen LogP contribution < -0.4 is 0 Å². The van der Waals surface area contributed by atoms with Gasteiger partial charge in [0.05, 0.1) is 13.7 Å². The largest absolute Gasteiger partial charge is 0.468 e. The van der Waals surface area contributed by atoms with Crippen molar-refractivity contribution in [2.75, 3.05) is 26.7 Å². The van der Waals surface area contributed by atoms with E-state index in [1.54, 1.807) is 19.1 Å². The first-order chi connectivity index (χ1) is 7.92. The zero-order chi connectivity index (χ0) is 13.5. The van der Waals surface area contributed by atoms with Crippen LogP contribution in [0, 0.1) is 5.41 Å². The maximum atomic E-state index is 11.7.